The standard InChI is InChI=1S/C28H27N/c1-20-8-10-24(11-9-20)25-12-14-26(15-13-25)29(27-7-5-6-21(2)17-27)28-18-22(3)16-23(4)19-28/h5-19H,1-4H3. The summed E-state index contributed by atoms with van der Waals surface area (Å²) in [6.07, 6.45) is 0. The molecule has 0 saturated heterocycles. The van der Waals surface area contributed by atoms with E-state index in [9.17, 15) is 0 Å². The first-order valence-electron chi connectivity index (χ1n) is 10.1. The van der Waals surface area contributed by atoms with Crippen LogP contribution in [0.4, 0.5) is 17.1 Å². The van der Waals surface area contributed by atoms with E-state index in [1.54, 1.807) is 0 Å². The summed E-state index contributed by atoms with van der Waals surface area (Å²) >= 11 is 0. The van der Waals surface area contributed by atoms with E-state index in [1.165, 1.54) is 44.8 Å². The molecule has 0 aliphatic carbocycles. The van der Waals surface area contributed by atoms with Crippen molar-refractivity contribution in [1.82, 2.24) is 0 Å². The van der Waals surface area contributed by atoms with Crippen LogP contribution in [0.5, 0.6) is 0 Å². The molecule has 0 radical (unpaired) electrons. The van der Waals surface area contributed by atoms with Crippen LogP contribution in [0.1, 0.15) is 22.3 Å². The second kappa shape index (κ2) is 7.97. The number of benzene rings is 4. The Bertz CT molecular complexity index is 1100. The highest BCUT2D eigenvalue weighted by Crippen LogP contribution is 2.36. The third kappa shape index (κ3) is 4.25. The quantitative estimate of drug-likeness (QED) is 0.347. The van der Waals surface area contributed by atoms with Gasteiger partial charge in [0.05, 0.1) is 0 Å². The highest BCUT2D eigenvalue weighted by molar-refractivity contribution is 5.79. The largest absolute Gasteiger partial charge is 0.310 e. The third-order valence-electron chi connectivity index (χ3n) is 5.23. The average molecular weight is 378 g/mol. The molecule has 0 aliphatic rings. The molecule has 0 amide bonds. The normalized spacial score (nSPS) is 10.8. The van der Waals surface area contributed by atoms with Crippen LogP contribution >= 0.6 is 0 Å². The minimum absolute atomic E-state index is 1.16. The van der Waals surface area contributed by atoms with E-state index in [0.29, 0.717) is 0 Å². The Morgan fingerprint density at radius 3 is 1.55 bits per heavy atom. The number of anilines is 3. The number of rotatable bonds is 4. The Kier molecular flexibility index (Phi) is 5.22. The van der Waals surface area contributed by atoms with Crippen molar-refractivity contribution in [2.24, 2.45) is 0 Å². The molecule has 0 heterocycles. The molecule has 0 N–H and O–H groups in total. The van der Waals surface area contributed by atoms with E-state index in [0.717, 1.165) is 5.69 Å². The number of hydrogen-bond acceptors (Lipinski definition) is 1. The minimum Gasteiger partial charge on any atom is -0.310 e. The third-order valence-corrected chi connectivity index (χ3v) is 5.23. The molecule has 1 heteroatoms. The molecule has 0 saturated carbocycles. The maximum atomic E-state index is 2.34. The van der Waals surface area contributed by atoms with Crippen molar-refractivity contribution in [3.8, 4) is 11.1 Å². The van der Waals surface area contributed by atoms with Crippen LogP contribution in [0.15, 0.2) is 91.0 Å². The van der Waals surface area contributed by atoms with E-state index < -0.39 is 0 Å². The van der Waals surface area contributed by atoms with Crippen molar-refractivity contribution in [2.45, 2.75) is 27.7 Å². The van der Waals surface area contributed by atoms with Gasteiger partial charge in [0.25, 0.3) is 0 Å². The molecular weight excluding hydrogens is 350 g/mol. The van der Waals surface area contributed by atoms with Gasteiger partial charge < -0.3 is 4.90 Å². The predicted octanol–water partition coefficient (Wildman–Crippen LogP) is 8.06. The van der Waals surface area contributed by atoms with Gasteiger partial charge in [0.15, 0.2) is 0 Å². The molecule has 4 aromatic carbocycles. The summed E-state index contributed by atoms with van der Waals surface area (Å²) in [6, 6.07) is 33.0. The van der Waals surface area contributed by atoms with E-state index in [1.807, 2.05) is 0 Å². The summed E-state index contributed by atoms with van der Waals surface area (Å²) in [5.41, 5.74) is 11.1. The van der Waals surface area contributed by atoms with Crippen LogP contribution in [0, 0.1) is 27.7 Å². The van der Waals surface area contributed by atoms with E-state index in [-0.39, 0.29) is 0 Å². The highest BCUT2D eigenvalue weighted by Gasteiger charge is 2.13. The zero-order chi connectivity index (χ0) is 20.4. The minimum atomic E-state index is 1.16. The summed E-state index contributed by atoms with van der Waals surface area (Å²) < 4.78 is 0. The van der Waals surface area contributed by atoms with Gasteiger partial charge in [-0.3, -0.25) is 0 Å². The topological polar surface area (TPSA) is 3.24 Å². The molecule has 29 heavy (non-hydrogen) atoms. The van der Waals surface area contributed by atoms with Gasteiger partial charge in [-0.2, -0.15) is 0 Å². The van der Waals surface area contributed by atoms with Crippen LogP contribution in [0.2, 0.25) is 0 Å². The maximum Gasteiger partial charge on any atom is 0.0466 e. The zero-order valence-electron chi connectivity index (χ0n) is 17.6. The first kappa shape index (κ1) is 19.0. The lowest BCUT2D eigenvalue weighted by Crippen LogP contribution is -2.10. The summed E-state index contributed by atoms with van der Waals surface area (Å²) in [4.78, 5) is 2.34. The number of aryl methyl sites for hydroxylation is 4. The second-order valence-electron chi connectivity index (χ2n) is 7.93. The molecular formula is C28H27N. The van der Waals surface area contributed by atoms with Gasteiger partial charge in [0.1, 0.15) is 0 Å². The Hall–Kier alpha value is -3.32. The maximum absolute atomic E-state index is 2.34. The first-order chi connectivity index (χ1) is 14.0. The van der Waals surface area contributed by atoms with Gasteiger partial charge in [-0.1, -0.05) is 60.2 Å². The average Bonchev–Trinajstić information content (AvgIpc) is 2.69. The summed E-state index contributed by atoms with van der Waals surface area (Å²) in [7, 11) is 0. The van der Waals surface area contributed by atoms with E-state index >= 15 is 0 Å². The van der Waals surface area contributed by atoms with E-state index in [4.69, 9.17) is 0 Å². The zero-order valence-corrected chi connectivity index (χ0v) is 17.6. The molecule has 1 nitrogen and oxygen atoms in total. The van der Waals surface area contributed by atoms with Gasteiger partial charge in [0.2, 0.25) is 0 Å². The van der Waals surface area contributed by atoms with Gasteiger partial charge >= 0.3 is 0 Å². The Balaban J connectivity index is 1.79. The summed E-state index contributed by atoms with van der Waals surface area (Å²) in [5.74, 6) is 0. The lowest BCUT2D eigenvalue weighted by molar-refractivity contribution is 1.25. The molecule has 0 fully saturated rings. The van der Waals surface area contributed by atoms with Crippen LogP contribution in [0.3, 0.4) is 0 Å². The van der Waals surface area contributed by atoms with Gasteiger partial charge in [0, 0.05) is 17.1 Å². The molecule has 4 rings (SSSR count). The number of nitrogens with zero attached hydrogens (tertiary/aromatic N) is 1. The van der Waals surface area contributed by atoms with Gasteiger partial charge in [-0.15, -0.1) is 0 Å². The molecule has 0 unspecified atom stereocenters. The van der Waals surface area contributed by atoms with Gasteiger partial charge in [-0.05, 0) is 91.9 Å². The van der Waals surface area contributed by atoms with E-state index in [2.05, 4.69) is 124 Å². The first-order valence-corrected chi connectivity index (χ1v) is 10.1. The Morgan fingerprint density at radius 1 is 0.414 bits per heavy atom. The SMILES string of the molecule is Cc1ccc(-c2ccc(N(c3cccc(C)c3)c3cc(C)cc(C)c3)cc2)cc1. The van der Waals surface area contributed by atoms with Crippen molar-refractivity contribution in [3.63, 3.8) is 0 Å². The lowest BCUT2D eigenvalue weighted by atomic mass is 10.0. The van der Waals surface area contributed by atoms with Crippen molar-refractivity contribution in [1.29, 1.82) is 0 Å². The van der Waals surface area contributed by atoms with Crippen molar-refractivity contribution >= 4 is 17.1 Å². The summed E-state index contributed by atoms with van der Waals surface area (Å²) in [5, 5.41) is 0. The fraction of sp³-hybridized carbons (Fsp3) is 0.143. The molecule has 0 atom stereocenters. The molecule has 4 aromatic rings. The smallest absolute Gasteiger partial charge is 0.0466 e. The monoisotopic (exact) mass is 377 g/mol. The fourth-order valence-electron chi connectivity index (χ4n) is 3.84. The van der Waals surface area contributed by atoms with Crippen LogP contribution in [-0.2, 0) is 0 Å². The lowest BCUT2D eigenvalue weighted by Gasteiger charge is -2.26. The molecule has 0 aromatic heterocycles. The van der Waals surface area contributed by atoms with Crippen molar-refractivity contribution in [2.75, 3.05) is 4.90 Å². The predicted molar refractivity (Wildman–Crippen MR) is 126 cm³/mol. The van der Waals surface area contributed by atoms with Crippen LogP contribution in [0.25, 0.3) is 11.1 Å². The van der Waals surface area contributed by atoms with Crippen molar-refractivity contribution < 1.29 is 0 Å². The van der Waals surface area contributed by atoms with Crippen LogP contribution < -0.4 is 4.90 Å². The fourth-order valence-corrected chi connectivity index (χ4v) is 3.84. The van der Waals surface area contributed by atoms with Gasteiger partial charge in [-0.25, -0.2) is 0 Å². The molecule has 0 aliphatic heterocycles. The second-order valence-corrected chi connectivity index (χ2v) is 7.93. The molecule has 0 spiro atoms. The number of hydrogen-bond donors (Lipinski definition) is 0. The van der Waals surface area contributed by atoms with Crippen molar-refractivity contribution in [3.05, 3.63) is 113 Å². The Labute approximate surface area is 174 Å². The molecule has 144 valence electrons. The summed E-state index contributed by atoms with van der Waals surface area (Å²) in [6.45, 7) is 8.58. The Morgan fingerprint density at radius 2 is 0.966 bits per heavy atom. The highest BCUT2D eigenvalue weighted by atomic mass is 15.1. The van der Waals surface area contributed by atoms with Crippen LogP contribution in [-0.4, -0.2) is 0 Å². The molecule has 0 bridgehead atoms.